The summed E-state index contributed by atoms with van der Waals surface area (Å²) >= 11 is 1.56. The SMILES string of the molecule is Cc1nn2c(CCc3cccc(N)c3)nnc2s1. The van der Waals surface area contributed by atoms with Gasteiger partial charge in [0.1, 0.15) is 5.01 Å². The molecule has 0 saturated carbocycles. The lowest BCUT2D eigenvalue weighted by molar-refractivity contribution is 0.785. The zero-order valence-corrected chi connectivity index (χ0v) is 10.8. The van der Waals surface area contributed by atoms with Gasteiger partial charge < -0.3 is 5.73 Å². The molecule has 2 heterocycles. The highest BCUT2D eigenvalue weighted by Gasteiger charge is 2.09. The number of aryl methyl sites for hydroxylation is 3. The van der Waals surface area contributed by atoms with Crippen LogP contribution in [0.1, 0.15) is 16.4 Å². The zero-order valence-electron chi connectivity index (χ0n) is 10.00. The average molecular weight is 259 g/mol. The van der Waals surface area contributed by atoms with Crippen molar-refractivity contribution in [2.75, 3.05) is 5.73 Å². The molecule has 0 amide bonds. The molecule has 92 valence electrons. The van der Waals surface area contributed by atoms with Gasteiger partial charge in [0.05, 0.1) is 0 Å². The lowest BCUT2D eigenvalue weighted by Crippen LogP contribution is -1.99. The molecule has 5 nitrogen and oxygen atoms in total. The van der Waals surface area contributed by atoms with E-state index in [0.717, 1.165) is 34.3 Å². The molecule has 0 unspecified atom stereocenters. The smallest absolute Gasteiger partial charge is 0.234 e. The van der Waals surface area contributed by atoms with Crippen molar-refractivity contribution in [3.63, 3.8) is 0 Å². The lowest BCUT2D eigenvalue weighted by atomic mass is 10.1. The minimum atomic E-state index is 0.795. The molecular formula is C12H13N5S. The molecule has 2 N–H and O–H groups in total. The summed E-state index contributed by atoms with van der Waals surface area (Å²) in [7, 11) is 0. The summed E-state index contributed by atoms with van der Waals surface area (Å²) in [5.74, 6) is 0.900. The van der Waals surface area contributed by atoms with Gasteiger partial charge in [0.15, 0.2) is 5.82 Å². The Balaban J connectivity index is 1.80. The van der Waals surface area contributed by atoms with E-state index in [-0.39, 0.29) is 0 Å². The second kappa shape index (κ2) is 4.38. The predicted octanol–water partition coefficient (Wildman–Crippen LogP) is 1.86. The fourth-order valence-corrected chi connectivity index (χ4v) is 2.61. The standard InChI is InChI=1S/C12H13N5S/c1-8-16-17-11(14-15-12(17)18-8)6-5-9-3-2-4-10(13)7-9/h2-4,7H,5-6,13H2,1H3. The van der Waals surface area contributed by atoms with Crippen LogP contribution in [0.4, 0.5) is 5.69 Å². The van der Waals surface area contributed by atoms with Crippen LogP contribution in [0.3, 0.4) is 0 Å². The minimum Gasteiger partial charge on any atom is -0.399 e. The third-order valence-electron chi connectivity index (χ3n) is 2.74. The van der Waals surface area contributed by atoms with Gasteiger partial charge in [0.25, 0.3) is 0 Å². The fourth-order valence-electron chi connectivity index (χ4n) is 1.91. The number of hydrogen-bond donors (Lipinski definition) is 1. The van der Waals surface area contributed by atoms with E-state index in [2.05, 4.69) is 21.4 Å². The largest absolute Gasteiger partial charge is 0.399 e. The summed E-state index contributed by atoms with van der Waals surface area (Å²) < 4.78 is 1.83. The number of fused-ring (bicyclic) bond motifs is 1. The number of nitrogens with zero attached hydrogens (tertiary/aromatic N) is 4. The third-order valence-corrected chi connectivity index (χ3v) is 3.56. The van der Waals surface area contributed by atoms with Crippen molar-refractivity contribution in [3.05, 3.63) is 40.7 Å². The van der Waals surface area contributed by atoms with E-state index in [4.69, 9.17) is 5.73 Å². The van der Waals surface area contributed by atoms with Gasteiger partial charge in [-0.1, -0.05) is 23.5 Å². The highest BCUT2D eigenvalue weighted by molar-refractivity contribution is 7.16. The molecule has 0 radical (unpaired) electrons. The summed E-state index contributed by atoms with van der Waals surface area (Å²) in [6, 6.07) is 7.92. The summed E-state index contributed by atoms with van der Waals surface area (Å²) in [5.41, 5.74) is 7.76. The van der Waals surface area contributed by atoms with E-state index in [0.29, 0.717) is 0 Å². The van der Waals surface area contributed by atoms with Crippen LogP contribution in [0.15, 0.2) is 24.3 Å². The number of aromatic nitrogens is 4. The van der Waals surface area contributed by atoms with Gasteiger partial charge in [-0.05, 0) is 31.0 Å². The average Bonchev–Trinajstić information content (AvgIpc) is 2.86. The predicted molar refractivity (Wildman–Crippen MR) is 71.7 cm³/mol. The Bertz CT molecular complexity index is 685. The molecule has 1 aromatic carbocycles. The van der Waals surface area contributed by atoms with E-state index in [9.17, 15) is 0 Å². The molecule has 3 rings (SSSR count). The quantitative estimate of drug-likeness (QED) is 0.729. The molecular weight excluding hydrogens is 246 g/mol. The van der Waals surface area contributed by atoms with Crippen molar-refractivity contribution in [2.24, 2.45) is 0 Å². The van der Waals surface area contributed by atoms with Crippen molar-refractivity contribution in [2.45, 2.75) is 19.8 Å². The van der Waals surface area contributed by atoms with Gasteiger partial charge in [-0.15, -0.1) is 10.2 Å². The Morgan fingerprint density at radius 3 is 3.00 bits per heavy atom. The maximum absolute atomic E-state index is 5.76. The number of rotatable bonds is 3. The van der Waals surface area contributed by atoms with Crippen LogP contribution in [0.5, 0.6) is 0 Å². The minimum absolute atomic E-state index is 0.795. The Kier molecular flexibility index (Phi) is 2.71. The molecule has 0 aliphatic heterocycles. The summed E-state index contributed by atoms with van der Waals surface area (Å²) in [4.78, 5) is 0.857. The number of nitrogen functional groups attached to an aromatic ring is 1. The summed E-state index contributed by atoms with van der Waals surface area (Å²) in [5, 5.41) is 13.7. The first-order valence-electron chi connectivity index (χ1n) is 5.74. The number of hydrogen-bond acceptors (Lipinski definition) is 5. The lowest BCUT2D eigenvalue weighted by Gasteiger charge is -2.00. The molecule has 0 aliphatic carbocycles. The second-order valence-corrected chi connectivity index (χ2v) is 5.34. The molecule has 0 atom stereocenters. The summed E-state index contributed by atoms with van der Waals surface area (Å²) in [6.45, 7) is 1.97. The number of nitrogens with two attached hydrogens (primary N) is 1. The van der Waals surface area contributed by atoms with Crippen LogP contribution in [-0.2, 0) is 12.8 Å². The van der Waals surface area contributed by atoms with E-state index in [1.807, 2.05) is 29.6 Å². The van der Waals surface area contributed by atoms with Crippen LogP contribution >= 0.6 is 11.3 Å². The van der Waals surface area contributed by atoms with Crippen molar-refractivity contribution in [3.8, 4) is 0 Å². The van der Waals surface area contributed by atoms with Crippen LogP contribution in [0.25, 0.3) is 4.96 Å². The highest BCUT2D eigenvalue weighted by atomic mass is 32.1. The number of benzene rings is 1. The first-order valence-corrected chi connectivity index (χ1v) is 6.56. The Hall–Kier alpha value is -1.95. The molecule has 3 aromatic rings. The van der Waals surface area contributed by atoms with Gasteiger partial charge in [0.2, 0.25) is 4.96 Å². The summed E-state index contributed by atoms with van der Waals surface area (Å²) in [6.07, 6.45) is 1.70. The normalized spacial score (nSPS) is 11.2. The Morgan fingerprint density at radius 2 is 2.17 bits per heavy atom. The number of anilines is 1. The van der Waals surface area contributed by atoms with Gasteiger partial charge in [-0.3, -0.25) is 0 Å². The first kappa shape index (κ1) is 11.2. The van der Waals surface area contributed by atoms with Crippen LogP contribution in [-0.4, -0.2) is 19.8 Å². The van der Waals surface area contributed by atoms with E-state index >= 15 is 0 Å². The molecule has 0 bridgehead atoms. The molecule has 0 aliphatic rings. The van der Waals surface area contributed by atoms with Gasteiger partial charge in [0, 0.05) is 12.1 Å². The second-order valence-electron chi connectivity index (χ2n) is 4.18. The molecule has 18 heavy (non-hydrogen) atoms. The van der Waals surface area contributed by atoms with Gasteiger partial charge >= 0.3 is 0 Å². The van der Waals surface area contributed by atoms with Crippen LogP contribution < -0.4 is 5.73 Å². The van der Waals surface area contributed by atoms with Crippen molar-refractivity contribution < 1.29 is 0 Å². The topological polar surface area (TPSA) is 69.1 Å². The molecule has 6 heteroatoms. The van der Waals surface area contributed by atoms with Crippen LogP contribution in [0.2, 0.25) is 0 Å². The van der Waals surface area contributed by atoms with E-state index in [1.165, 1.54) is 5.56 Å². The zero-order chi connectivity index (χ0) is 12.5. The molecule has 2 aromatic heterocycles. The first-order chi connectivity index (χ1) is 8.72. The van der Waals surface area contributed by atoms with E-state index < -0.39 is 0 Å². The van der Waals surface area contributed by atoms with Crippen LogP contribution in [0, 0.1) is 6.92 Å². The molecule has 0 saturated heterocycles. The maximum atomic E-state index is 5.76. The van der Waals surface area contributed by atoms with Crippen molar-refractivity contribution in [1.82, 2.24) is 19.8 Å². The highest BCUT2D eigenvalue weighted by Crippen LogP contribution is 2.14. The van der Waals surface area contributed by atoms with Crippen molar-refractivity contribution in [1.29, 1.82) is 0 Å². The molecule has 0 fully saturated rings. The van der Waals surface area contributed by atoms with Crippen molar-refractivity contribution >= 4 is 22.0 Å². The third kappa shape index (κ3) is 2.06. The van der Waals surface area contributed by atoms with E-state index in [1.54, 1.807) is 11.3 Å². The van der Waals surface area contributed by atoms with Gasteiger partial charge in [-0.2, -0.15) is 9.61 Å². The fraction of sp³-hybridized carbons (Fsp3) is 0.250. The monoisotopic (exact) mass is 259 g/mol. The maximum Gasteiger partial charge on any atom is 0.234 e. The Morgan fingerprint density at radius 1 is 1.28 bits per heavy atom. The molecule has 0 spiro atoms. The van der Waals surface area contributed by atoms with Gasteiger partial charge in [-0.25, -0.2) is 0 Å². The Labute approximate surface area is 108 Å².